The van der Waals surface area contributed by atoms with Crippen molar-refractivity contribution in [3.8, 4) is 0 Å². The van der Waals surface area contributed by atoms with Gasteiger partial charge in [-0.25, -0.2) is 4.79 Å². The van der Waals surface area contributed by atoms with Gasteiger partial charge in [0, 0.05) is 17.1 Å². The number of carbonyl (C=O) groups excluding carboxylic acids is 2. The molecule has 0 aliphatic carbocycles. The number of hydrogen-bond acceptors (Lipinski definition) is 5. The molecule has 1 heterocycles. The van der Waals surface area contributed by atoms with Gasteiger partial charge >= 0.3 is 5.97 Å². The SMILES string of the molecule is O=C(COCC(=O)Nc1ccc(Cl)cc1C(=O)O)Nc1cccc(Cc2ccco2)c1. The Labute approximate surface area is 182 Å². The van der Waals surface area contributed by atoms with E-state index in [0.29, 0.717) is 12.1 Å². The number of rotatable bonds is 9. The number of carboxylic acid groups (broad SMARTS) is 1. The highest BCUT2D eigenvalue weighted by Gasteiger charge is 2.14. The predicted octanol–water partition coefficient (Wildman–Crippen LogP) is 3.82. The zero-order valence-electron chi connectivity index (χ0n) is 16.3. The first-order chi connectivity index (χ1) is 14.9. The van der Waals surface area contributed by atoms with Crippen LogP contribution in [0.25, 0.3) is 0 Å². The van der Waals surface area contributed by atoms with E-state index in [2.05, 4.69) is 10.6 Å². The van der Waals surface area contributed by atoms with Crippen molar-refractivity contribution >= 4 is 40.8 Å². The number of halogens is 1. The van der Waals surface area contributed by atoms with Crippen LogP contribution in [-0.4, -0.2) is 36.1 Å². The van der Waals surface area contributed by atoms with E-state index in [1.54, 1.807) is 12.3 Å². The number of benzene rings is 2. The number of aromatic carboxylic acids is 1. The number of carboxylic acids is 1. The highest BCUT2D eigenvalue weighted by Crippen LogP contribution is 2.20. The fourth-order valence-electron chi connectivity index (χ4n) is 2.80. The molecule has 1 aromatic heterocycles. The second-order valence-corrected chi connectivity index (χ2v) is 6.98. The molecule has 0 aliphatic heterocycles. The van der Waals surface area contributed by atoms with Gasteiger partial charge in [-0.3, -0.25) is 9.59 Å². The number of carbonyl (C=O) groups is 3. The van der Waals surface area contributed by atoms with E-state index in [9.17, 15) is 19.5 Å². The van der Waals surface area contributed by atoms with E-state index in [0.717, 1.165) is 11.3 Å². The number of furan rings is 1. The zero-order valence-corrected chi connectivity index (χ0v) is 17.0. The number of anilines is 2. The van der Waals surface area contributed by atoms with E-state index < -0.39 is 24.4 Å². The summed E-state index contributed by atoms with van der Waals surface area (Å²) in [6.45, 7) is -0.768. The third-order valence-electron chi connectivity index (χ3n) is 4.12. The van der Waals surface area contributed by atoms with Crippen molar-refractivity contribution in [2.24, 2.45) is 0 Å². The first kappa shape index (κ1) is 22.1. The highest BCUT2D eigenvalue weighted by atomic mass is 35.5. The largest absolute Gasteiger partial charge is 0.478 e. The van der Waals surface area contributed by atoms with Crippen LogP contribution in [0.2, 0.25) is 5.02 Å². The minimum absolute atomic E-state index is 0.0864. The average Bonchev–Trinajstić information content (AvgIpc) is 3.22. The maximum atomic E-state index is 12.1. The van der Waals surface area contributed by atoms with Crippen molar-refractivity contribution in [1.29, 1.82) is 0 Å². The summed E-state index contributed by atoms with van der Waals surface area (Å²) in [7, 11) is 0. The Kier molecular flexibility index (Phi) is 7.42. The molecule has 0 spiro atoms. The van der Waals surface area contributed by atoms with E-state index >= 15 is 0 Å². The first-order valence-electron chi connectivity index (χ1n) is 9.22. The second-order valence-electron chi connectivity index (χ2n) is 6.54. The first-order valence-corrected chi connectivity index (χ1v) is 9.60. The van der Waals surface area contributed by atoms with Crippen molar-refractivity contribution in [2.75, 3.05) is 23.8 Å². The monoisotopic (exact) mass is 442 g/mol. The van der Waals surface area contributed by atoms with Crippen molar-refractivity contribution in [2.45, 2.75) is 6.42 Å². The molecule has 0 saturated heterocycles. The maximum absolute atomic E-state index is 12.1. The molecule has 2 aromatic carbocycles. The molecule has 9 heteroatoms. The summed E-state index contributed by atoms with van der Waals surface area (Å²) in [5.41, 5.74) is 1.50. The summed E-state index contributed by atoms with van der Waals surface area (Å²) >= 11 is 5.78. The van der Waals surface area contributed by atoms with Gasteiger partial charge in [0.25, 0.3) is 0 Å². The second kappa shape index (κ2) is 10.4. The van der Waals surface area contributed by atoms with Crippen LogP contribution in [0.4, 0.5) is 11.4 Å². The minimum Gasteiger partial charge on any atom is -0.478 e. The molecule has 0 atom stereocenters. The van der Waals surface area contributed by atoms with Crippen molar-refractivity contribution < 1.29 is 28.6 Å². The predicted molar refractivity (Wildman–Crippen MR) is 114 cm³/mol. The lowest BCUT2D eigenvalue weighted by Crippen LogP contribution is -2.24. The molecule has 160 valence electrons. The molecule has 0 saturated carbocycles. The summed E-state index contributed by atoms with van der Waals surface area (Å²) in [5.74, 6) is -1.45. The Bertz CT molecular complexity index is 1080. The molecule has 0 fully saturated rings. The van der Waals surface area contributed by atoms with Gasteiger partial charge in [0.05, 0.1) is 17.5 Å². The minimum atomic E-state index is -1.23. The van der Waals surface area contributed by atoms with Crippen LogP contribution in [0, 0.1) is 0 Å². The van der Waals surface area contributed by atoms with Crippen molar-refractivity contribution in [3.05, 3.63) is 82.8 Å². The van der Waals surface area contributed by atoms with Gasteiger partial charge in [-0.2, -0.15) is 0 Å². The van der Waals surface area contributed by atoms with Crippen LogP contribution in [0.5, 0.6) is 0 Å². The van der Waals surface area contributed by atoms with Crippen LogP contribution in [0.3, 0.4) is 0 Å². The van der Waals surface area contributed by atoms with Gasteiger partial charge < -0.3 is 24.9 Å². The summed E-state index contributed by atoms with van der Waals surface area (Å²) in [6.07, 6.45) is 2.19. The Morgan fingerprint density at radius 1 is 0.968 bits per heavy atom. The Balaban J connectivity index is 1.46. The maximum Gasteiger partial charge on any atom is 0.337 e. The van der Waals surface area contributed by atoms with Crippen LogP contribution in [0.15, 0.2) is 65.3 Å². The van der Waals surface area contributed by atoms with Gasteiger partial charge in [-0.1, -0.05) is 23.7 Å². The van der Waals surface area contributed by atoms with Crippen LogP contribution in [0.1, 0.15) is 21.7 Å². The summed E-state index contributed by atoms with van der Waals surface area (Å²) in [4.78, 5) is 35.3. The van der Waals surface area contributed by atoms with Gasteiger partial charge in [0.1, 0.15) is 19.0 Å². The molecule has 2 amide bonds. The molecule has 8 nitrogen and oxygen atoms in total. The topological polar surface area (TPSA) is 118 Å². The van der Waals surface area contributed by atoms with Crippen LogP contribution >= 0.6 is 11.6 Å². The molecule has 3 rings (SSSR count). The molecule has 3 N–H and O–H groups in total. The van der Waals surface area contributed by atoms with Gasteiger partial charge in [-0.05, 0) is 48.0 Å². The molecular weight excluding hydrogens is 424 g/mol. The third kappa shape index (κ3) is 6.70. The summed E-state index contributed by atoms with van der Waals surface area (Å²) in [6, 6.07) is 15.0. The third-order valence-corrected chi connectivity index (χ3v) is 4.36. The van der Waals surface area contributed by atoms with Gasteiger partial charge in [0.2, 0.25) is 11.8 Å². The Hall–Kier alpha value is -3.62. The quantitative estimate of drug-likeness (QED) is 0.463. The molecule has 0 bridgehead atoms. The zero-order chi connectivity index (χ0) is 22.2. The molecule has 0 radical (unpaired) electrons. The molecule has 31 heavy (non-hydrogen) atoms. The van der Waals surface area contributed by atoms with Crippen molar-refractivity contribution in [1.82, 2.24) is 0 Å². The summed E-state index contributed by atoms with van der Waals surface area (Å²) in [5, 5.41) is 14.5. The van der Waals surface area contributed by atoms with E-state index in [-0.39, 0.29) is 22.9 Å². The van der Waals surface area contributed by atoms with Crippen LogP contribution < -0.4 is 10.6 Å². The molecule has 0 aliphatic rings. The summed E-state index contributed by atoms with van der Waals surface area (Å²) < 4.78 is 10.4. The highest BCUT2D eigenvalue weighted by molar-refractivity contribution is 6.31. The average molecular weight is 443 g/mol. The number of nitrogens with one attached hydrogen (secondary N) is 2. The normalized spacial score (nSPS) is 10.5. The molecule has 0 unspecified atom stereocenters. The van der Waals surface area contributed by atoms with Gasteiger partial charge in [-0.15, -0.1) is 0 Å². The van der Waals surface area contributed by atoms with Gasteiger partial charge in [0.15, 0.2) is 0 Å². The fraction of sp³-hybridized carbons (Fsp3) is 0.136. The number of ether oxygens (including phenoxy) is 1. The fourth-order valence-corrected chi connectivity index (χ4v) is 2.97. The van der Waals surface area contributed by atoms with E-state index in [4.69, 9.17) is 20.8 Å². The lowest BCUT2D eigenvalue weighted by molar-refractivity contribution is -0.125. The van der Waals surface area contributed by atoms with Crippen molar-refractivity contribution in [3.63, 3.8) is 0 Å². The molecular formula is C22H19ClN2O6. The smallest absolute Gasteiger partial charge is 0.337 e. The standard InChI is InChI=1S/C22H19ClN2O6/c23-15-6-7-19(18(11-15)22(28)29)25-21(27)13-30-12-20(26)24-16-4-1-3-14(9-16)10-17-5-2-8-31-17/h1-9,11H,10,12-13H2,(H,24,26)(H,25,27)(H,28,29). The lowest BCUT2D eigenvalue weighted by atomic mass is 10.1. The Morgan fingerprint density at radius 2 is 1.74 bits per heavy atom. The lowest BCUT2D eigenvalue weighted by Gasteiger charge is -2.10. The van der Waals surface area contributed by atoms with E-state index in [1.807, 2.05) is 30.3 Å². The van der Waals surface area contributed by atoms with Crippen LogP contribution in [-0.2, 0) is 20.7 Å². The number of hydrogen-bond donors (Lipinski definition) is 3. The number of amides is 2. The van der Waals surface area contributed by atoms with E-state index in [1.165, 1.54) is 18.2 Å². The molecule has 3 aromatic rings. The Morgan fingerprint density at radius 3 is 2.45 bits per heavy atom.